The summed E-state index contributed by atoms with van der Waals surface area (Å²) in [6.45, 7) is 8.38. The Balaban J connectivity index is 0.00000280. The first-order chi connectivity index (χ1) is 13.2. The zero-order valence-electron chi connectivity index (χ0n) is 16.7. The quantitative estimate of drug-likeness (QED) is 0.192. The second kappa shape index (κ2) is 11.0. The summed E-state index contributed by atoms with van der Waals surface area (Å²) < 4.78 is 5.12. The first kappa shape index (κ1) is 22.2. The molecule has 7 nitrogen and oxygen atoms in total. The summed E-state index contributed by atoms with van der Waals surface area (Å²) >= 11 is 0. The van der Waals surface area contributed by atoms with Crippen molar-refractivity contribution in [3.8, 4) is 0 Å². The van der Waals surface area contributed by atoms with Gasteiger partial charge in [0.25, 0.3) is 0 Å². The number of H-pyrrole nitrogens is 1. The predicted molar refractivity (Wildman–Crippen MR) is 123 cm³/mol. The summed E-state index contributed by atoms with van der Waals surface area (Å²) in [5.41, 5.74) is 3.79. The first-order valence-electron chi connectivity index (χ1n) is 9.53. The summed E-state index contributed by atoms with van der Waals surface area (Å²) in [6.07, 6.45) is 4.66. The Morgan fingerprint density at radius 1 is 1.21 bits per heavy atom. The fourth-order valence-electron chi connectivity index (χ4n) is 3.03. The van der Waals surface area contributed by atoms with Crippen molar-refractivity contribution in [1.82, 2.24) is 25.8 Å². The van der Waals surface area contributed by atoms with E-state index in [0.29, 0.717) is 18.3 Å². The molecule has 28 heavy (non-hydrogen) atoms. The molecule has 2 aromatic heterocycles. The summed E-state index contributed by atoms with van der Waals surface area (Å²) in [5, 5.41) is 11.8. The smallest absolute Gasteiger partial charge is 0.226 e. The highest BCUT2D eigenvalue weighted by molar-refractivity contribution is 14.0. The number of aliphatic imine (C=N–C) groups is 1. The molecular weight excluding hydrogens is 467 g/mol. The van der Waals surface area contributed by atoms with Crippen LogP contribution in [0.15, 0.2) is 33.9 Å². The zero-order valence-corrected chi connectivity index (χ0v) is 19.0. The van der Waals surface area contributed by atoms with Crippen LogP contribution in [0, 0.1) is 13.8 Å². The zero-order chi connectivity index (χ0) is 19.1. The van der Waals surface area contributed by atoms with E-state index in [4.69, 9.17) is 4.52 Å². The number of hydrogen-bond acceptors (Lipinski definition) is 4. The molecule has 0 unspecified atom stereocenters. The molecule has 0 spiro atoms. The van der Waals surface area contributed by atoms with Gasteiger partial charge < -0.3 is 20.1 Å². The number of nitrogens with zero attached hydrogens (tertiary/aromatic N) is 3. The lowest BCUT2D eigenvalue weighted by atomic mass is 10.1. The van der Waals surface area contributed by atoms with Gasteiger partial charge in [-0.25, -0.2) is 0 Å². The van der Waals surface area contributed by atoms with Crippen LogP contribution in [0.5, 0.6) is 0 Å². The van der Waals surface area contributed by atoms with Crippen molar-refractivity contribution in [2.45, 2.75) is 40.0 Å². The Bertz CT molecular complexity index is 901. The second-order valence-electron chi connectivity index (χ2n) is 6.64. The van der Waals surface area contributed by atoms with Gasteiger partial charge in [-0.2, -0.15) is 4.98 Å². The van der Waals surface area contributed by atoms with Gasteiger partial charge in [-0.3, -0.25) is 4.99 Å². The normalized spacial score (nSPS) is 11.5. The number of halogens is 1. The van der Waals surface area contributed by atoms with Gasteiger partial charge in [0.2, 0.25) is 5.89 Å². The van der Waals surface area contributed by atoms with Crippen LogP contribution in [0.4, 0.5) is 0 Å². The van der Waals surface area contributed by atoms with Crippen LogP contribution in [-0.2, 0) is 12.8 Å². The van der Waals surface area contributed by atoms with Gasteiger partial charge in [-0.05, 0) is 50.8 Å². The monoisotopic (exact) mass is 496 g/mol. The largest absolute Gasteiger partial charge is 0.361 e. The number of hydrogen-bond donors (Lipinski definition) is 3. The molecule has 0 atom stereocenters. The molecule has 0 aliphatic heterocycles. The number of aryl methyl sites for hydroxylation is 3. The number of benzene rings is 1. The summed E-state index contributed by atoms with van der Waals surface area (Å²) in [4.78, 5) is 12.2. The average molecular weight is 496 g/mol. The number of aromatic nitrogens is 3. The highest BCUT2D eigenvalue weighted by Gasteiger charge is 2.05. The molecule has 3 rings (SSSR count). The van der Waals surface area contributed by atoms with E-state index < -0.39 is 0 Å². The average Bonchev–Trinajstić information content (AvgIpc) is 3.24. The van der Waals surface area contributed by atoms with E-state index in [0.717, 1.165) is 38.3 Å². The predicted octanol–water partition coefficient (Wildman–Crippen LogP) is 3.52. The number of fused-ring (bicyclic) bond motifs is 1. The van der Waals surface area contributed by atoms with Crippen LogP contribution in [0.2, 0.25) is 0 Å². The van der Waals surface area contributed by atoms with Crippen molar-refractivity contribution in [2.24, 2.45) is 4.99 Å². The molecule has 0 aliphatic rings. The van der Waals surface area contributed by atoms with Gasteiger partial charge in [0.1, 0.15) is 0 Å². The maximum atomic E-state index is 5.12. The molecule has 3 N–H and O–H groups in total. The fraction of sp³-hybridized carbons (Fsp3) is 0.450. The van der Waals surface area contributed by atoms with E-state index in [2.05, 4.69) is 69.0 Å². The van der Waals surface area contributed by atoms with Crippen molar-refractivity contribution in [1.29, 1.82) is 0 Å². The molecule has 0 fully saturated rings. The van der Waals surface area contributed by atoms with Crippen LogP contribution < -0.4 is 10.6 Å². The molecule has 8 heteroatoms. The molecule has 152 valence electrons. The fourth-order valence-corrected chi connectivity index (χ4v) is 3.03. The van der Waals surface area contributed by atoms with E-state index in [-0.39, 0.29) is 24.0 Å². The maximum absolute atomic E-state index is 5.12. The van der Waals surface area contributed by atoms with Crippen LogP contribution in [-0.4, -0.2) is 40.7 Å². The van der Waals surface area contributed by atoms with Crippen LogP contribution in [0.25, 0.3) is 10.9 Å². The molecule has 0 radical (unpaired) electrons. The van der Waals surface area contributed by atoms with Gasteiger partial charge in [0.15, 0.2) is 11.8 Å². The Labute approximate surface area is 182 Å². The highest BCUT2D eigenvalue weighted by Crippen LogP contribution is 2.19. The number of rotatable bonds is 8. The number of nitrogens with one attached hydrogen (secondary N) is 3. The van der Waals surface area contributed by atoms with Crippen LogP contribution in [0.1, 0.15) is 36.2 Å². The Hall–Kier alpha value is -2.10. The standard InChI is InChI=1S/C20H28N6O.HI/c1-4-21-20(22-10-5-6-19-25-15(3)26-27-19)23-11-9-16-13-24-18-12-14(2)7-8-17(16)18;/h7-8,12-13,24H,4-6,9-11H2,1-3H3,(H2,21,22,23);1H. The summed E-state index contributed by atoms with van der Waals surface area (Å²) in [5.74, 6) is 2.20. The Morgan fingerprint density at radius 3 is 2.82 bits per heavy atom. The lowest BCUT2D eigenvalue weighted by molar-refractivity contribution is 0.372. The van der Waals surface area contributed by atoms with Crippen LogP contribution >= 0.6 is 24.0 Å². The third-order valence-electron chi connectivity index (χ3n) is 4.34. The van der Waals surface area contributed by atoms with Crippen molar-refractivity contribution < 1.29 is 4.52 Å². The van der Waals surface area contributed by atoms with Crippen molar-refractivity contribution in [3.05, 3.63) is 47.2 Å². The molecule has 0 saturated heterocycles. The van der Waals surface area contributed by atoms with E-state index in [1.807, 2.05) is 6.92 Å². The van der Waals surface area contributed by atoms with Crippen molar-refractivity contribution in [2.75, 3.05) is 19.6 Å². The van der Waals surface area contributed by atoms with E-state index in [1.54, 1.807) is 0 Å². The summed E-state index contributed by atoms with van der Waals surface area (Å²) in [6, 6.07) is 6.53. The molecule has 0 saturated carbocycles. The summed E-state index contributed by atoms with van der Waals surface area (Å²) in [7, 11) is 0. The molecule has 0 bridgehead atoms. The topological polar surface area (TPSA) is 91.1 Å². The molecule has 1 aromatic carbocycles. The van der Waals surface area contributed by atoms with Crippen molar-refractivity contribution in [3.63, 3.8) is 0 Å². The van der Waals surface area contributed by atoms with Crippen LogP contribution in [0.3, 0.4) is 0 Å². The van der Waals surface area contributed by atoms with Gasteiger partial charge in [-0.15, -0.1) is 24.0 Å². The number of guanidine groups is 1. The Kier molecular flexibility index (Phi) is 8.75. The minimum atomic E-state index is 0. The minimum absolute atomic E-state index is 0. The molecule has 2 heterocycles. The number of aromatic amines is 1. The lowest BCUT2D eigenvalue weighted by Gasteiger charge is -2.11. The molecule has 0 aliphatic carbocycles. The minimum Gasteiger partial charge on any atom is -0.361 e. The maximum Gasteiger partial charge on any atom is 0.226 e. The molecule has 0 amide bonds. The van der Waals surface area contributed by atoms with Gasteiger partial charge >= 0.3 is 0 Å². The molecular formula is C20H29IN6O. The van der Waals surface area contributed by atoms with Gasteiger partial charge in [-0.1, -0.05) is 17.3 Å². The van der Waals surface area contributed by atoms with Gasteiger partial charge in [0.05, 0.1) is 0 Å². The third-order valence-corrected chi connectivity index (χ3v) is 4.34. The second-order valence-corrected chi connectivity index (χ2v) is 6.64. The lowest BCUT2D eigenvalue weighted by Crippen LogP contribution is -2.38. The molecule has 3 aromatic rings. The van der Waals surface area contributed by atoms with E-state index >= 15 is 0 Å². The van der Waals surface area contributed by atoms with E-state index in [9.17, 15) is 0 Å². The first-order valence-corrected chi connectivity index (χ1v) is 9.53. The third kappa shape index (κ3) is 6.22. The van der Waals surface area contributed by atoms with Gasteiger partial charge in [0, 0.05) is 43.2 Å². The Morgan fingerprint density at radius 2 is 2.07 bits per heavy atom. The highest BCUT2D eigenvalue weighted by atomic mass is 127. The SMILES string of the molecule is CCNC(=NCCCc1nc(C)no1)NCCc1c[nH]c2cc(C)ccc12.I. The van der Waals surface area contributed by atoms with Crippen molar-refractivity contribution >= 4 is 40.8 Å². The van der Waals surface area contributed by atoms with E-state index in [1.165, 1.54) is 22.0 Å².